The van der Waals surface area contributed by atoms with Gasteiger partial charge in [-0.25, -0.2) is 19.5 Å². The van der Waals surface area contributed by atoms with Gasteiger partial charge in [0.25, 0.3) is 0 Å². The second-order valence-electron chi connectivity index (χ2n) is 7.02. The zero-order valence-electron chi connectivity index (χ0n) is 15.6. The summed E-state index contributed by atoms with van der Waals surface area (Å²) in [6.07, 6.45) is 3.52. The fourth-order valence-corrected chi connectivity index (χ4v) is 3.34. The maximum Gasteiger partial charge on any atom is 0.408 e. The molecule has 3 aromatic rings. The molecule has 29 heavy (non-hydrogen) atoms. The fourth-order valence-electron chi connectivity index (χ4n) is 3.34. The molecular formula is C19H16F3N7. The van der Waals surface area contributed by atoms with Crippen LogP contribution in [-0.2, 0) is 6.42 Å². The summed E-state index contributed by atoms with van der Waals surface area (Å²) in [6, 6.07) is -0.128. The van der Waals surface area contributed by atoms with Crippen molar-refractivity contribution in [3.8, 4) is 0 Å². The molecule has 1 aliphatic heterocycles. The summed E-state index contributed by atoms with van der Waals surface area (Å²) < 4.78 is 40.2. The Kier molecular flexibility index (Phi) is 3.74. The Morgan fingerprint density at radius 1 is 1.24 bits per heavy atom. The molecule has 0 radical (unpaired) electrons. The first-order valence-electron chi connectivity index (χ1n) is 9.18. The predicted molar refractivity (Wildman–Crippen MR) is 101 cm³/mol. The van der Waals surface area contributed by atoms with Crippen LogP contribution >= 0.6 is 0 Å². The third kappa shape index (κ3) is 2.95. The zero-order valence-corrected chi connectivity index (χ0v) is 15.6. The van der Waals surface area contributed by atoms with Crippen molar-refractivity contribution < 1.29 is 13.2 Å². The van der Waals surface area contributed by atoms with Crippen LogP contribution in [0.4, 0.5) is 19.1 Å². The van der Waals surface area contributed by atoms with Gasteiger partial charge < -0.3 is 5.32 Å². The van der Waals surface area contributed by atoms with Gasteiger partial charge in [-0.3, -0.25) is 4.99 Å². The molecule has 148 valence electrons. The van der Waals surface area contributed by atoms with E-state index in [9.17, 15) is 13.2 Å². The molecule has 1 N–H and O–H groups in total. The molecule has 2 atom stereocenters. The number of halogens is 3. The monoisotopic (exact) mass is 399 g/mol. The highest BCUT2D eigenvalue weighted by Crippen LogP contribution is 2.42. The van der Waals surface area contributed by atoms with E-state index in [2.05, 4.69) is 25.4 Å². The van der Waals surface area contributed by atoms with Crippen LogP contribution in [0.3, 0.4) is 0 Å². The highest BCUT2D eigenvalue weighted by Gasteiger charge is 2.39. The number of hydrogen-bond acceptors (Lipinski definition) is 6. The predicted octanol–water partition coefficient (Wildman–Crippen LogP) is 3.39. The first-order valence-corrected chi connectivity index (χ1v) is 9.18. The van der Waals surface area contributed by atoms with Crippen LogP contribution in [-0.4, -0.2) is 42.5 Å². The van der Waals surface area contributed by atoms with Gasteiger partial charge in [-0.05, 0) is 25.5 Å². The van der Waals surface area contributed by atoms with Crippen LogP contribution in [0.5, 0.6) is 0 Å². The number of nitrogens with zero attached hydrogens (tertiary/aromatic N) is 6. The van der Waals surface area contributed by atoms with E-state index in [1.807, 2.05) is 25.3 Å². The van der Waals surface area contributed by atoms with Crippen molar-refractivity contribution in [3.63, 3.8) is 0 Å². The molecule has 0 amide bonds. The molecule has 1 unspecified atom stereocenters. The van der Waals surface area contributed by atoms with E-state index in [1.165, 1.54) is 6.20 Å². The summed E-state index contributed by atoms with van der Waals surface area (Å²) in [7, 11) is 0. The largest absolute Gasteiger partial charge is 0.408 e. The van der Waals surface area contributed by atoms with E-state index < -0.39 is 12.2 Å². The molecule has 2 aliphatic rings. The second-order valence-corrected chi connectivity index (χ2v) is 7.02. The number of hydrogen-bond donors (Lipinski definition) is 1. The summed E-state index contributed by atoms with van der Waals surface area (Å²) in [5.74, 6) is -0.0660. The average Bonchev–Trinajstić information content (AvgIpc) is 3.37. The molecule has 0 fully saturated rings. The van der Waals surface area contributed by atoms with Gasteiger partial charge in [0.1, 0.15) is 12.1 Å². The Labute approximate surface area is 163 Å². The van der Waals surface area contributed by atoms with E-state index in [1.54, 1.807) is 10.7 Å². The molecule has 3 aromatic heterocycles. The van der Waals surface area contributed by atoms with Gasteiger partial charge in [0, 0.05) is 29.1 Å². The molecule has 5 rings (SSSR count). The number of anilines is 1. The van der Waals surface area contributed by atoms with Gasteiger partial charge in [-0.1, -0.05) is 6.92 Å². The number of nitrogens with one attached hydrogen (secondary N) is 1. The number of rotatable bonds is 4. The molecule has 7 nitrogen and oxygen atoms in total. The van der Waals surface area contributed by atoms with Gasteiger partial charge in [0.2, 0.25) is 5.95 Å². The van der Waals surface area contributed by atoms with Crippen LogP contribution < -0.4 is 5.32 Å². The molecule has 0 saturated heterocycles. The summed E-state index contributed by atoms with van der Waals surface area (Å²) in [5.41, 5.74) is 5.47. The lowest BCUT2D eigenvalue weighted by Gasteiger charge is -2.19. The number of aromatic nitrogens is 5. The van der Waals surface area contributed by atoms with Crippen molar-refractivity contribution in [3.05, 3.63) is 53.2 Å². The maximum atomic E-state index is 12.8. The molecule has 4 heterocycles. The third-order valence-corrected chi connectivity index (χ3v) is 5.09. The molecule has 1 aliphatic carbocycles. The minimum Gasteiger partial charge on any atom is -0.343 e. The van der Waals surface area contributed by atoms with E-state index in [0.717, 1.165) is 47.1 Å². The minimum absolute atomic E-state index is 0.0660. The van der Waals surface area contributed by atoms with Crippen molar-refractivity contribution in [1.82, 2.24) is 24.6 Å². The lowest BCUT2D eigenvalue weighted by atomic mass is 9.93. The van der Waals surface area contributed by atoms with Crippen molar-refractivity contribution in [2.24, 2.45) is 4.99 Å². The van der Waals surface area contributed by atoms with E-state index in [-0.39, 0.29) is 12.0 Å². The number of fused-ring (bicyclic) bond motifs is 4. The summed E-state index contributed by atoms with van der Waals surface area (Å²) in [4.78, 5) is 17.6. The Bertz CT molecular complexity index is 1190. The fraction of sp³-hybridized carbons (Fsp3) is 0.316. The Morgan fingerprint density at radius 2 is 2.07 bits per heavy atom. The molecule has 0 spiro atoms. The first kappa shape index (κ1) is 17.8. The first-order chi connectivity index (χ1) is 13.8. The van der Waals surface area contributed by atoms with Crippen LogP contribution in [0.25, 0.3) is 11.2 Å². The summed E-state index contributed by atoms with van der Waals surface area (Å²) >= 11 is 0. The second kappa shape index (κ2) is 6.10. The van der Waals surface area contributed by atoms with Crippen molar-refractivity contribution in [2.75, 3.05) is 5.32 Å². The lowest BCUT2D eigenvalue weighted by Crippen LogP contribution is -2.34. The quantitative estimate of drug-likeness (QED) is 0.728. The SMILES string of the molecule is CCc1cnn2ccc(C3=CC4=NC4c4nc(N[C@H](C)C(F)(F)F)ncc43)nc12. The molecule has 0 aromatic carbocycles. The normalized spacial score (nSPS) is 18.6. The van der Waals surface area contributed by atoms with Crippen molar-refractivity contribution >= 4 is 22.9 Å². The Balaban J connectivity index is 1.54. The van der Waals surface area contributed by atoms with Crippen molar-refractivity contribution in [1.29, 1.82) is 0 Å². The van der Waals surface area contributed by atoms with Crippen LogP contribution in [0, 0.1) is 0 Å². The molecule has 0 saturated carbocycles. The third-order valence-electron chi connectivity index (χ3n) is 5.09. The molecular weight excluding hydrogens is 383 g/mol. The van der Waals surface area contributed by atoms with Crippen LogP contribution in [0.2, 0.25) is 0 Å². The summed E-state index contributed by atoms with van der Waals surface area (Å²) in [6.45, 7) is 3.07. The Morgan fingerprint density at radius 3 is 2.83 bits per heavy atom. The number of aryl methyl sites for hydroxylation is 1. The van der Waals surface area contributed by atoms with E-state index in [4.69, 9.17) is 4.98 Å². The van der Waals surface area contributed by atoms with Gasteiger partial charge in [0.05, 0.1) is 23.3 Å². The van der Waals surface area contributed by atoms with Crippen LogP contribution in [0.15, 0.2) is 35.7 Å². The average molecular weight is 399 g/mol. The highest BCUT2D eigenvalue weighted by atomic mass is 19.4. The highest BCUT2D eigenvalue weighted by molar-refractivity contribution is 6.17. The number of aliphatic imine (C=N–C) groups is 1. The van der Waals surface area contributed by atoms with Gasteiger partial charge >= 0.3 is 6.18 Å². The van der Waals surface area contributed by atoms with Crippen molar-refractivity contribution in [2.45, 2.75) is 38.5 Å². The van der Waals surface area contributed by atoms with Gasteiger partial charge in [-0.15, -0.1) is 0 Å². The Hall–Kier alpha value is -3.30. The number of alkyl halides is 3. The standard InChI is InChI=1S/C19H16F3N7/c1-3-10-7-24-29-5-4-13(27-17(10)29)11-6-14-16(26-14)15-12(11)8-23-18(28-15)25-9(2)19(20,21)22/h4-9,16H,3H2,1-2H3,(H,23,25,28)/t9-,16?/m1/s1. The van der Waals surface area contributed by atoms with E-state index in [0.29, 0.717) is 5.69 Å². The lowest BCUT2D eigenvalue weighted by molar-refractivity contribution is -0.138. The smallest absolute Gasteiger partial charge is 0.343 e. The summed E-state index contributed by atoms with van der Waals surface area (Å²) in [5, 5.41) is 6.60. The molecule has 0 bridgehead atoms. The van der Waals surface area contributed by atoms with Gasteiger partial charge in [0.15, 0.2) is 5.65 Å². The van der Waals surface area contributed by atoms with E-state index >= 15 is 0 Å². The van der Waals surface area contributed by atoms with Crippen LogP contribution in [0.1, 0.15) is 42.4 Å². The maximum absolute atomic E-state index is 12.8. The minimum atomic E-state index is -4.38. The molecule has 10 heteroatoms. The topological polar surface area (TPSA) is 80.4 Å². The zero-order chi connectivity index (χ0) is 20.3. The van der Waals surface area contributed by atoms with Gasteiger partial charge in [-0.2, -0.15) is 18.3 Å².